The van der Waals surface area contributed by atoms with E-state index < -0.39 is 15.6 Å². The number of nitrogens with one attached hydrogen (secondary N) is 1. The number of rotatable bonds is 4. The maximum Gasteiger partial charge on any atom is 0.243 e. The minimum atomic E-state index is -3.64. The molecule has 2 aromatic rings. The van der Waals surface area contributed by atoms with Crippen molar-refractivity contribution in [2.75, 3.05) is 6.54 Å². The van der Waals surface area contributed by atoms with Gasteiger partial charge < -0.3 is 5.73 Å². The summed E-state index contributed by atoms with van der Waals surface area (Å²) in [7, 11) is -3.64. The Morgan fingerprint density at radius 3 is 2.75 bits per heavy atom. The molecule has 1 aliphatic carbocycles. The van der Waals surface area contributed by atoms with Gasteiger partial charge in [0.1, 0.15) is 15.9 Å². The van der Waals surface area contributed by atoms with Gasteiger partial charge in [-0.2, -0.15) is 8.75 Å². The summed E-state index contributed by atoms with van der Waals surface area (Å²) in [6.07, 6.45) is 3.58. The average Bonchev–Trinajstić information content (AvgIpc) is 3.06. The van der Waals surface area contributed by atoms with Gasteiger partial charge in [0.25, 0.3) is 0 Å². The zero-order chi connectivity index (χ0) is 14.2. The highest BCUT2D eigenvalue weighted by atomic mass is 32.2. The predicted octanol–water partition coefficient (Wildman–Crippen LogP) is 1.24. The molecule has 1 saturated carbocycles. The van der Waals surface area contributed by atoms with Crippen molar-refractivity contribution in [3.8, 4) is 0 Å². The number of aromatic nitrogens is 2. The Labute approximate surface area is 121 Å². The molecule has 108 valence electrons. The van der Waals surface area contributed by atoms with Crippen LogP contribution in [0.1, 0.15) is 25.7 Å². The van der Waals surface area contributed by atoms with Crippen molar-refractivity contribution < 1.29 is 8.42 Å². The van der Waals surface area contributed by atoms with Crippen LogP contribution in [0.2, 0.25) is 0 Å². The van der Waals surface area contributed by atoms with Crippen molar-refractivity contribution >= 4 is 32.8 Å². The van der Waals surface area contributed by atoms with Crippen molar-refractivity contribution in [1.29, 1.82) is 0 Å². The van der Waals surface area contributed by atoms with Gasteiger partial charge in [0, 0.05) is 12.1 Å². The fourth-order valence-electron chi connectivity index (χ4n) is 2.74. The van der Waals surface area contributed by atoms with E-state index in [1.54, 1.807) is 18.2 Å². The van der Waals surface area contributed by atoms with Crippen molar-refractivity contribution in [2.45, 2.75) is 36.1 Å². The molecule has 3 rings (SSSR count). The molecule has 3 N–H and O–H groups in total. The summed E-state index contributed by atoms with van der Waals surface area (Å²) in [6, 6.07) is 5.00. The van der Waals surface area contributed by atoms with E-state index in [9.17, 15) is 8.42 Å². The normalized spacial score (nSPS) is 18.6. The van der Waals surface area contributed by atoms with Crippen LogP contribution < -0.4 is 10.5 Å². The Morgan fingerprint density at radius 2 is 2.05 bits per heavy atom. The van der Waals surface area contributed by atoms with Gasteiger partial charge in [-0.25, -0.2) is 13.1 Å². The van der Waals surface area contributed by atoms with Gasteiger partial charge in [-0.15, -0.1) is 0 Å². The Morgan fingerprint density at radius 1 is 1.30 bits per heavy atom. The maximum absolute atomic E-state index is 12.6. The Hall–Kier alpha value is -1.09. The molecule has 0 unspecified atom stereocenters. The van der Waals surface area contributed by atoms with Crippen LogP contribution in [-0.4, -0.2) is 29.2 Å². The number of hydrogen-bond donors (Lipinski definition) is 2. The van der Waals surface area contributed by atoms with Crippen LogP contribution in [-0.2, 0) is 10.0 Å². The van der Waals surface area contributed by atoms with Crippen LogP contribution in [0.15, 0.2) is 23.1 Å². The van der Waals surface area contributed by atoms with Crippen LogP contribution in [0, 0.1) is 0 Å². The summed E-state index contributed by atoms with van der Waals surface area (Å²) in [5.41, 5.74) is 6.31. The zero-order valence-corrected chi connectivity index (χ0v) is 12.5. The van der Waals surface area contributed by atoms with E-state index in [0.29, 0.717) is 17.6 Å². The summed E-state index contributed by atoms with van der Waals surface area (Å²) < 4.78 is 36.2. The Bertz CT molecular complexity index is 720. The van der Waals surface area contributed by atoms with Crippen molar-refractivity contribution in [3.63, 3.8) is 0 Å². The van der Waals surface area contributed by atoms with E-state index in [1.807, 2.05) is 0 Å². The molecule has 1 aromatic carbocycles. The van der Waals surface area contributed by atoms with Crippen LogP contribution in [0.25, 0.3) is 11.0 Å². The summed E-state index contributed by atoms with van der Waals surface area (Å²) in [5, 5.41) is 0. The van der Waals surface area contributed by atoms with Crippen LogP contribution in [0.5, 0.6) is 0 Å². The first kappa shape index (κ1) is 13.9. The summed E-state index contributed by atoms with van der Waals surface area (Å²) >= 11 is 1.01. The summed E-state index contributed by atoms with van der Waals surface area (Å²) in [5.74, 6) is 0. The quantitative estimate of drug-likeness (QED) is 0.885. The largest absolute Gasteiger partial charge is 0.329 e. The lowest BCUT2D eigenvalue weighted by atomic mass is 10.0. The number of sulfonamides is 1. The second-order valence-electron chi connectivity index (χ2n) is 5.19. The van der Waals surface area contributed by atoms with E-state index in [-0.39, 0.29) is 4.90 Å². The van der Waals surface area contributed by atoms with E-state index in [2.05, 4.69) is 13.5 Å². The molecule has 0 saturated heterocycles. The molecule has 0 atom stereocenters. The number of nitrogens with zero attached hydrogens (tertiary/aromatic N) is 2. The molecule has 0 spiro atoms. The third-order valence-corrected chi connectivity index (χ3v) is 5.99. The van der Waals surface area contributed by atoms with Crippen molar-refractivity contribution in [2.24, 2.45) is 5.73 Å². The van der Waals surface area contributed by atoms with Gasteiger partial charge in [-0.3, -0.25) is 0 Å². The molecular formula is C12H16N4O2S2. The van der Waals surface area contributed by atoms with Gasteiger partial charge in [0.15, 0.2) is 0 Å². The molecular weight excluding hydrogens is 296 g/mol. The lowest BCUT2D eigenvalue weighted by Crippen LogP contribution is -2.51. The number of hydrogen-bond acceptors (Lipinski definition) is 6. The molecule has 8 heteroatoms. The van der Waals surface area contributed by atoms with Crippen molar-refractivity contribution in [3.05, 3.63) is 18.2 Å². The van der Waals surface area contributed by atoms with Gasteiger partial charge in [-0.05, 0) is 25.0 Å². The van der Waals surface area contributed by atoms with Crippen LogP contribution >= 0.6 is 11.7 Å². The van der Waals surface area contributed by atoms with E-state index >= 15 is 0 Å². The van der Waals surface area contributed by atoms with Gasteiger partial charge >= 0.3 is 0 Å². The van der Waals surface area contributed by atoms with Gasteiger partial charge in [0.2, 0.25) is 10.0 Å². The smallest absolute Gasteiger partial charge is 0.243 e. The molecule has 1 fully saturated rings. The fourth-order valence-corrected chi connectivity index (χ4v) is 4.98. The highest BCUT2D eigenvalue weighted by Crippen LogP contribution is 2.31. The first-order valence-electron chi connectivity index (χ1n) is 6.52. The maximum atomic E-state index is 12.6. The molecule has 1 heterocycles. The topological polar surface area (TPSA) is 98.0 Å². The first-order chi connectivity index (χ1) is 9.56. The monoisotopic (exact) mass is 312 g/mol. The SMILES string of the molecule is NCC1(NS(=O)(=O)c2cccc3nsnc23)CCCC1. The van der Waals surface area contributed by atoms with Crippen LogP contribution in [0.4, 0.5) is 0 Å². The molecule has 0 radical (unpaired) electrons. The third-order valence-electron chi connectivity index (χ3n) is 3.84. The Kier molecular flexibility index (Phi) is 3.49. The highest BCUT2D eigenvalue weighted by molar-refractivity contribution is 7.89. The lowest BCUT2D eigenvalue weighted by Gasteiger charge is -2.28. The van der Waals surface area contributed by atoms with Gasteiger partial charge in [0.05, 0.1) is 11.7 Å². The summed E-state index contributed by atoms with van der Waals surface area (Å²) in [4.78, 5) is 0.184. The number of fused-ring (bicyclic) bond motifs is 1. The third kappa shape index (κ3) is 2.32. The molecule has 1 aliphatic rings. The minimum Gasteiger partial charge on any atom is -0.329 e. The zero-order valence-electron chi connectivity index (χ0n) is 10.9. The van der Waals surface area contributed by atoms with Crippen LogP contribution in [0.3, 0.4) is 0 Å². The second-order valence-corrected chi connectivity index (χ2v) is 7.36. The van der Waals surface area contributed by atoms with Gasteiger partial charge in [-0.1, -0.05) is 18.9 Å². The molecule has 0 aliphatic heterocycles. The molecule has 0 bridgehead atoms. The predicted molar refractivity (Wildman–Crippen MR) is 78.0 cm³/mol. The minimum absolute atomic E-state index is 0.184. The van der Waals surface area contributed by atoms with E-state index in [0.717, 1.165) is 37.4 Å². The average molecular weight is 312 g/mol. The highest BCUT2D eigenvalue weighted by Gasteiger charge is 2.37. The standard InChI is InChI=1S/C12H16N4O2S2/c13-8-12(6-1-2-7-12)16-20(17,18)10-5-3-4-9-11(10)15-19-14-9/h3-5,16H,1-2,6-8,13H2. The first-order valence-corrected chi connectivity index (χ1v) is 8.73. The summed E-state index contributed by atoms with van der Waals surface area (Å²) in [6.45, 7) is 0.317. The molecule has 1 aromatic heterocycles. The molecule has 20 heavy (non-hydrogen) atoms. The van der Waals surface area contributed by atoms with E-state index in [1.165, 1.54) is 0 Å². The lowest BCUT2D eigenvalue weighted by molar-refractivity contribution is 0.399. The number of benzene rings is 1. The fraction of sp³-hybridized carbons (Fsp3) is 0.500. The second kappa shape index (κ2) is 5.03. The Balaban J connectivity index is 2.02. The molecule has 0 amide bonds. The van der Waals surface area contributed by atoms with Crippen molar-refractivity contribution in [1.82, 2.24) is 13.5 Å². The molecule has 6 nitrogen and oxygen atoms in total. The number of nitrogens with two attached hydrogens (primary N) is 1. The van der Waals surface area contributed by atoms with E-state index in [4.69, 9.17) is 5.73 Å².